The summed E-state index contributed by atoms with van der Waals surface area (Å²) >= 11 is 4.87. The molecule has 0 radical (unpaired) electrons. The van der Waals surface area contributed by atoms with Crippen molar-refractivity contribution in [2.75, 3.05) is 5.32 Å². The van der Waals surface area contributed by atoms with Gasteiger partial charge < -0.3 is 11.1 Å². The zero-order chi connectivity index (χ0) is 11.7. The van der Waals surface area contributed by atoms with Crippen LogP contribution in [0.25, 0.3) is 0 Å². The van der Waals surface area contributed by atoms with E-state index in [1.54, 1.807) is 6.07 Å². The molecule has 1 unspecified atom stereocenters. The molecule has 1 aliphatic carbocycles. The topological polar surface area (TPSA) is 38.0 Å². The maximum atomic E-state index is 13.6. The van der Waals surface area contributed by atoms with Gasteiger partial charge in [-0.2, -0.15) is 0 Å². The van der Waals surface area contributed by atoms with Crippen LogP contribution in [0.3, 0.4) is 0 Å². The largest absolute Gasteiger partial charge is 0.389 e. The van der Waals surface area contributed by atoms with Crippen LogP contribution in [0.4, 0.5) is 10.1 Å². The Bertz CT molecular complexity index is 415. The van der Waals surface area contributed by atoms with E-state index in [2.05, 4.69) is 12.2 Å². The van der Waals surface area contributed by atoms with E-state index in [4.69, 9.17) is 18.0 Å². The lowest BCUT2D eigenvalue weighted by Gasteiger charge is -2.17. The number of hydrogen-bond acceptors (Lipinski definition) is 2. The predicted octanol–water partition coefficient (Wildman–Crippen LogP) is 2.67. The second-order valence-corrected chi connectivity index (χ2v) is 4.74. The van der Waals surface area contributed by atoms with Gasteiger partial charge in [-0.05, 0) is 37.8 Å². The summed E-state index contributed by atoms with van der Waals surface area (Å²) < 4.78 is 13.6. The molecule has 0 aliphatic heterocycles. The molecule has 2 rings (SSSR count). The molecule has 3 N–H and O–H groups in total. The summed E-state index contributed by atoms with van der Waals surface area (Å²) in [5.74, 6) is 0.336. The van der Waals surface area contributed by atoms with Gasteiger partial charge >= 0.3 is 0 Å². The number of thiocarbonyl (C=S) groups is 1. The van der Waals surface area contributed by atoms with Crippen LogP contribution in [-0.2, 0) is 0 Å². The molecule has 1 fully saturated rings. The molecule has 2 nitrogen and oxygen atoms in total. The summed E-state index contributed by atoms with van der Waals surface area (Å²) in [6.07, 6.45) is 2.48. The molecule has 1 aromatic rings. The van der Waals surface area contributed by atoms with Gasteiger partial charge in [0.25, 0.3) is 0 Å². The van der Waals surface area contributed by atoms with E-state index >= 15 is 0 Å². The van der Waals surface area contributed by atoms with Crippen LogP contribution in [0.5, 0.6) is 0 Å². The van der Waals surface area contributed by atoms with E-state index in [-0.39, 0.29) is 10.8 Å². The molecular formula is C12H15FN2S. The Morgan fingerprint density at radius 2 is 2.25 bits per heavy atom. The van der Waals surface area contributed by atoms with Crippen molar-refractivity contribution in [2.24, 2.45) is 11.7 Å². The van der Waals surface area contributed by atoms with Crippen LogP contribution in [0, 0.1) is 11.7 Å². The Morgan fingerprint density at radius 3 is 2.81 bits per heavy atom. The van der Waals surface area contributed by atoms with Gasteiger partial charge in [0.1, 0.15) is 10.8 Å². The minimum atomic E-state index is -0.361. The predicted molar refractivity (Wildman–Crippen MR) is 68.1 cm³/mol. The lowest BCUT2D eigenvalue weighted by Crippen LogP contribution is -2.21. The van der Waals surface area contributed by atoms with Crippen LogP contribution >= 0.6 is 12.2 Å². The Hall–Kier alpha value is -1.16. The first-order valence-electron chi connectivity index (χ1n) is 5.44. The summed E-state index contributed by atoms with van der Waals surface area (Å²) in [6, 6.07) is 5.20. The number of halogens is 1. The van der Waals surface area contributed by atoms with E-state index in [9.17, 15) is 4.39 Å². The van der Waals surface area contributed by atoms with Gasteiger partial charge in [0.15, 0.2) is 0 Å². The maximum Gasteiger partial charge on any atom is 0.135 e. The van der Waals surface area contributed by atoms with Crippen LogP contribution in [0.15, 0.2) is 18.2 Å². The van der Waals surface area contributed by atoms with Crippen molar-refractivity contribution < 1.29 is 4.39 Å². The van der Waals surface area contributed by atoms with Crippen molar-refractivity contribution in [1.29, 1.82) is 0 Å². The Morgan fingerprint density at radius 1 is 1.56 bits per heavy atom. The van der Waals surface area contributed by atoms with Gasteiger partial charge in [-0.3, -0.25) is 0 Å². The minimum absolute atomic E-state index is 0.101. The minimum Gasteiger partial charge on any atom is -0.389 e. The van der Waals surface area contributed by atoms with Gasteiger partial charge in [0, 0.05) is 11.7 Å². The SMILES string of the molecule is CC(Nc1cccc(F)c1C(N)=S)C1CC1. The van der Waals surface area contributed by atoms with Gasteiger partial charge in [-0.1, -0.05) is 18.3 Å². The second kappa shape index (κ2) is 4.37. The zero-order valence-corrected chi connectivity index (χ0v) is 9.98. The molecule has 0 amide bonds. The van der Waals surface area contributed by atoms with Crippen molar-refractivity contribution in [2.45, 2.75) is 25.8 Å². The summed E-state index contributed by atoms with van der Waals surface area (Å²) in [5.41, 5.74) is 6.56. The molecule has 1 saturated carbocycles. The molecule has 1 atom stereocenters. The molecular weight excluding hydrogens is 223 g/mol. The van der Waals surface area contributed by atoms with E-state index in [0.717, 1.165) is 0 Å². The summed E-state index contributed by atoms with van der Waals surface area (Å²) in [6.45, 7) is 2.10. The first-order chi connectivity index (χ1) is 7.59. The molecule has 86 valence electrons. The van der Waals surface area contributed by atoms with Gasteiger partial charge in [-0.15, -0.1) is 0 Å². The van der Waals surface area contributed by atoms with Crippen molar-refractivity contribution in [3.8, 4) is 0 Å². The highest BCUT2D eigenvalue weighted by molar-refractivity contribution is 7.80. The summed E-state index contributed by atoms with van der Waals surface area (Å²) in [4.78, 5) is 0.101. The van der Waals surface area contributed by atoms with E-state index in [0.29, 0.717) is 23.2 Å². The highest BCUT2D eigenvalue weighted by Gasteiger charge is 2.28. The second-order valence-electron chi connectivity index (χ2n) is 4.30. The third-order valence-corrected chi connectivity index (χ3v) is 3.18. The smallest absolute Gasteiger partial charge is 0.135 e. The molecule has 1 aromatic carbocycles. The summed E-state index contributed by atoms with van der Waals surface area (Å²) in [7, 11) is 0. The molecule has 1 aliphatic rings. The van der Waals surface area contributed by atoms with Gasteiger partial charge in [0.2, 0.25) is 0 Å². The van der Waals surface area contributed by atoms with E-state index in [1.807, 2.05) is 6.07 Å². The van der Waals surface area contributed by atoms with Crippen LogP contribution < -0.4 is 11.1 Å². The Labute approximate surface area is 100 Å². The fraction of sp³-hybridized carbons (Fsp3) is 0.417. The summed E-state index contributed by atoms with van der Waals surface area (Å²) in [5, 5.41) is 3.29. The van der Waals surface area contributed by atoms with Crippen molar-refractivity contribution in [3.05, 3.63) is 29.6 Å². The third-order valence-electron chi connectivity index (χ3n) is 2.97. The fourth-order valence-electron chi connectivity index (χ4n) is 1.85. The number of nitrogens with one attached hydrogen (secondary N) is 1. The number of hydrogen-bond donors (Lipinski definition) is 2. The maximum absolute atomic E-state index is 13.6. The standard InChI is InChI=1S/C12H15FN2S/c1-7(8-5-6-8)15-10-4-2-3-9(13)11(10)12(14)16/h2-4,7-8,15H,5-6H2,1H3,(H2,14,16). The normalized spacial score (nSPS) is 16.9. The third kappa shape index (κ3) is 2.32. The quantitative estimate of drug-likeness (QED) is 0.792. The van der Waals surface area contributed by atoms with Gasteiger partial charge in [-0.25, -0.2) is 4.39 Å². The van der Waals surface area contributed by atoms with Crippen LogP contribution in [0.1, 0.15) is 25.3 Å². The highest BCUT2D eigenvalue weighted by Crippen LogP contribution is 2.34. The highest BCUT2D eigenvalue weighted by atomic mass is 32.1. The lowest BCUT2D eigenvalue weighted by molar-refractivity contribution is 0.624. The van der Waals surface area contributed by atoms with Crippen molar-refractivity contribution in [1.82, 2.24) is 0 Å². The first kappa shape index (κ1) is 11.3. The number of rotatable bonds is 4. The molecule has 0 heterocycles. The molecule has 0 aromatic heterocycles. The average Bonchev–Trinajstić information content (AvgIpc) is 2.99. The molecule has 0 bridgehead atoms. The number of benzene rings is 1. The monoisotopic (exact) mass is 238 g/mol. The van der Waals surface area contributed by atoms with Crippen LogP contribution in [0.2, 0.25) is 0 Å². The van der Waals surface area contributed by atoms with E-state index in [1.165, 1.54) is 18.9 Å². The average molecular weight is 238 g/mol. The van der Waals surface area contributed by atoms with Crippen LogP contribution in [-0.4, -0.2) is 11.0 Å². The lowest BCUT2D eigenvalue weighted by atomic mass is 10.1. The zero-order valence-electron chi connectivity index (χ0n) is 9.16. The number of nitrogens with two attached hydrogens (primary N) is 1. The van der Waals surface area contributed by atoms with Crippen molar-refractivity contribution >= 4 is 22.9 Å². The van der Waals surface area contributed by atoms with E-state index < -0.39 is 0 Å². The Balaban J connectivity index is 2.24. The fourth-order valence-corrected chi connectivity index (χ4v) is 2.06. The first-order valence-corrected chi connectivity index (χ1v) is 5.85. The van der Waals surface area contributed by atoms with Crippen molar-refractivity contribution in [3.63, 3.8) is 0 Å². The molecule has 16 heavy (non-hydrogen) atoms. The molecule has 0 spiro atoms. The molecule has 4 heteroatoms. The van der Waals surface area contributed by atoms with Gasteiger partial charge in [0.05, 0.1) is 5.56 Å². The Kier molecular flexibility index (Phi) is 3.10. The number of anilines is 1. The molecule has 0 saturated heterocycles.